The van der Waals surface area contributed by atoms with Crippen LogP contribution in [0.25, 0.3) is 5.69 Å². The standard InChI is InChI=1S/C27H19Cl2N3O4S/c1-15-18(28)13-8-14-19(15)31-25(33)20-21(32(36-22(20)26(31)34)17-11-6-3-7-12-17)23-24(29)30(27(35)37-23)16-9-4-2-5-10-16/h2-14,20-22H,1H3/t20-,21-,22-/m1/s1. The van der Waals surface area contributed by atoms with Gasteiger partial charge in [-0.15, -0.1) is 0 Å². The van der Waals surface area contributed by atoms with Gasteiger partial charge in [-0.05, 0) is 48.9 Å². The zero-order chi connectivity index (χ0) is 25.8. The maximum absolute atomic E-state index is 13.9. The van der Waals surface area contributed by atoms with E-state index in [4.69, 9.17) is 28.0 Å². The molecule has 2 aliphatic rings. The van der Waals surface area contributed by atoms with Gasteiger partial charge in [0.1, 0.15) is 17.1 Å². The van der Waals surface area contributed by atoms with Crippen molar-refractivity contribution in [3.63, 3.8) is 0 Å². The van der Waals surface area contributed by atoms with Crippen LogP contribution >= 0.6 is 34.5 Å². The molecular formula is C27H19Cl2N3O4S. The Kier molecular flexibility index (Phi) is 5.92. The van der Waals surface area contributed by atoms with Crippen molar-refractivity contribution in [1.29, 1.82) is 0 Å². The van der Waals surface area contributed by atoms with Crippen molar-refractivity contribution in [2.75, 3.05) is 9.96 Å². The highest BCUT2D eigenvalue weighted by Crippen LogP contribution is 2.50. The largest absolute Gasteiger partial charge is 0.313 e. The lowest BCUT2D eigenvalue weighted by molar-refractivity contribution is -0.126. The molecule has 1 aromatic heterocycles. The van der Waals surface area contributed by atoms with E-state index in [1.807, 2.05) is 48.5 Å². The Bertz CT molecular complexity index is 1590. The summed E-state index contributed by atoms with van der Waals surface area (Å²) in [4.78, 5) is 48.1. The minimum Gasteiger partial charge on any atom is -0.273 e. The molecule has 0 saturated carbocycles. The molecule has 186 valence electrons. The van der Waals surface area contributed by atoms with Crippen LogP contribution in [0.2, 0.25) is 10.2 Å². The molecule has 37 heavy (non-hydrogen) atoms. The molecule has 7 nitrogen and oxygen atoms in total. The number of carbonyl (C=O) groups is 2. The van der Waals surface area contributed by atoms with E-state index in [0.717, 1.165) is 16.2 Å². The quantitative estimate of drug-likeness (QED) is 0.310. The molecule has 3 heterocycles. The van der Waals surface area contributed by atoms with E-state index < -0.39 is 29.9 Å². The second kappa shape index (κ2) is 9.15. The molecule has 2 amide bonds. The normalized spacial score (nSPS) is 21.1. The summed E-state index contributed by atoms with van der Waals surface area (Å²) >= 11 is 14.1. The number of imide groups is 1. The van der Waals surface area contributed by atoms with E-state index in [1.54, 1.807) is 37.3 Å². The molecule has 0 radical (unpaired) electrons. The van der Waals surface area contributed by atoms with Crippen LogP contribution < -0.4 is 14.8 Å². The molecule has 0 spiro atoms. The van der Waals surface area contributed by atoms with Gasteiger partial charge >= 0.3 is 4.87 Å². The summed E-state index contributed by atoms with van der Waals surface area (Å²) in [5.74, 6) is -1.85. The number of rotatable bonds is 4. The Morgan fingerprint density at radius 1 is 0.811 bits per heavy atom. The molecule has 0 aliphatic carbocycles. The lowest BCUT2D eigenvalue weighted by Gasteiger charge is -2.28. The topological polar surface area (TPSA) is 71.8 Å². The predicted octanol–water partition coefficient (Wildman–Crippen LogP) is 5.57. The Hall–Kier alpha value is -3.43. The van der Waals surface area contributed by atoms with Crippen molar-refractivity contribution >= 4 is 57.7 Å². The zero-order valence-corrected chi connectivity index (χ0v) is 21.7. The number of nitrogens with zero attached hydrogens (tertiary/aromatic N) is 3. The third-order valence-electron chi connectivity index (χ3n) is 6.67. The number of halogens is 2. The number of benzene rings is 3. The molecule has 3 atom stereocenters. The summed E-state index contributed by atoms with van der Waals surface area (Å²) in [5, 5.41) is 2.15. The first-order valence-electron chi connectivity index (χ1n) is 11.5. The van der Waals surface area contributed by atoms with E-state index in [2.05, 4.69) is 0 Å². The van der Waals surface area contributed by atoms with Gasteiger partial charge in [-0.1, -0.05) is 77.0 Å². The van der Waals surface area contributed by atoms with Crippen molar-refractivity contribution in [2.45, 2.75) is 19.1 Å². The van der Waals surface area contributed by atoms with Crippen LogP contribution in [0.5, 0.6) is 0 Å². The summed E-state index contributed by atoms with van der Waals surface area (Å²) in [6, 6.07) is 22.4. The van der Waals surface area contributed by atoms with Gasteiger partial charge in [0, 0.05) is 5.02 Å². The van der Waals surface area contributed by atoms with Gasteiger partial charge in [-0.2, -0.15) is 0 Å². The number of thiazole rings is 1. The number of hydroxylamine groups is 1. The van der Waals surface area contributed by atoms with Crippen LogP contribution in [0.3, 0.4) is 0 Å². The van der Waals surface area contributed by atoms with Crippen LogP contribution in [-0.2, 0) is 14.4 Å². The maximum atomic E-state index is 13.9. The number of amides is 2. The number of hydrogen-bond donors (Lipinski definition) is 0. The van der Waals surface area contributed by atoms with Gasteiger partial charge in [0.2, 0.25) is 5.91 Å². The third kappa shape index (κ3) is 3.71. The molecular weight excluding hydrogens is 533 g/mol. The number of para-hydroxylation sites is 2. The average Bonchev–Trinajstić information content (AvgIpc) is 3.51. The Balaban J connectivity index is 1.50. The molecule has 0 unspecified atom stereocenters. The molecule has 2 aliphatic heterocycles. The SMILES string of the molecule is Cc1c(Cl)cccc1N1C(=O)[C@H]2[C@@H](ON(c3ccccc3)[C@H]2c2sc(=O)n(-c3ccccc3)c2Cl)C1=O. The Morgan fingerprint density at radius 3 is 2.14 bits per heavy atom. The minimum absolute atomic E-state index is 0.175. The van der Waals surface area contributed by atoms with E-state index in [1.165, 1.54) is 9.63 Å². The summed E-state index contributed by atoms with van der Waals surface area (Å²) in [6.45, 7) is 1.75. The zero-order valence-electron chi connectivity index (χ0n) is 19.4. The summed E-state index contributed by atoms with van der Waals surface area (Å²) < 4.78 is 1.40. The number of hydrogen-bond acceptors (Lipinski definition) is 6. The minimum atomic E-state index is -1.09. The molecule has 2 fully saturated rings. The Labute approximate surface area is 226 Å². The summed E-state index contributed by atoms with van der Waals surface area (Å²) in [5.41, 5.74) is 2.26. The fourth-order valence-corrected chi connectivity index (χ4v) is 6.54. The number of aromatic nitrogens is 1. The monoisotopic (exact) mass is 551 g/mol. The van der Waals surface area contributed by atoms with Crippen molar-refractivity contribution in [1.82, 2.24) is 4.57 Å². The number of carbonyl (C=O) groups excluding carboxylic acids is 2. The van der Waals surface area contributed by atoms with Crippen LogP contribution in [0, 0.1) is 12.8 Å². The van der Waals surface area contributed by atoms with Crippen LogP contribution in [-0.4, -0.2) is 22.5 Å². The first-order chi connectivity index (χ1) is 17.9. The smallest absolute Gasteiger partial charge is 0.273 e. The second-order valence-electron chi connectivity index (χ2n) is 8.75. The maximum Gasteiger partial charge on any atom is 0.313 e. The van der Waals surface area contributed by atoms with Gasteiger partial charge < -0.3 is 0 Å². The molecule has 10 heteroatoms. The highest BCUT2D eigenvalue weighted by molar-refractivity contribution is 7.10. The van der Waals surface area contributed by atoms with Gasteiger partial charge in [-0.3, -0.25) is 23.8 Å². The van der Waals surface area contributed by atoms with E-state index in [0.29, 0.717) is 32.5 Å². The average molecular weight is 552 g/mol. The highest BCUT2D eigenvalue weighted by Gasteiger charge is 2.61. The Morgan fingerprint density at radius 2 is 1.46 bits per heavy atom. The van der Waals surface area contributed by atoms with E-state index >= 15 is 0 Å². The van der Waals surface area contributed by atoms with E-state index in [9.17, 15) is 14.4 Å². The summed E-state index contributed by atoms with van der Waals surface area (Å²) in [7, 11) is 0. The van der Waals surface area contributed by atoms with Gasteiger partial charge in [0.25, 0.3) is 5.91 Å². The molecule has 6 rings (SSSR count). The van der Waals surface area contributed by atoms with Crippen molar-refractivity contribution in [2.24, 2.45) is 5.92 Å². The first kappa shape index (κ1) is 23.9. The third-order valence-corrected chi connectivity index (χ3v) is 8.57. The number of anilines is 2. The molecule has 0 bridgehead atoms. The highest BCUT2D eigenvalue weighted by atomic mass is 35.5. The molecule has 3 aromatic carbocycles. The molecule has 4 aromatic rings. The predicted molar refractivity (Wildman–Crippen MR) is 144 cm³/mol. The van der Waals surface area contributed by atoms with Crippen LogP contribution in [0.15, 0.2) is 83.7 Å². The molecule has 2 saturated heterocycles. The van der Waals surface area contributed by atoms with E-state index in [-0.39, 0.29) is 10.0 Å². The first-order valence-corrected chi connectivity index (χ1v) is 13.1. The van der Waals surface area contributed by atoms with Crippen molar-refractivity contribution < 1.29 is 14.4 Å². The lowest BCUT2D eigenvalue weighted by Crippen LogP contribution is -2.37. The van der Waals surface area contributed by atoms with Gasteiger partial charge in [-0.25, -0.2) is 9.96 Å². The lowest BCUT2D eigenvalue weighted by atomic mass is 9.95. The van der Waals surface area contributed by atoms with Crippen LogP contribution in [0.4, 0.5) is 11.4 Å². The summed E-state index contributed by atoms with van der Waals surface area (Å²) in [6.07, 6.45) is -1.09. The van der Waals surface area contributed by atoms with Gasteiger partial charge in [0.15, 0.2) is 6.10 Å². The number of fused-ring (bicyclic) bond motifs is 1. The fourth-order valence-electron chi connectivity index (χ4n) is 4.91. The second-order valence-corrected chi connectivity index (χ2v) is 10.5. The van der Waals surface area contributed by atoms with Crippen LogP contribution in [0.1, 0.15) is 16.5 Å². The molecule has 0 N–H and O–H groups in total. The van der Waals surface area contributed by atoms with Crippen molar-refractivity contribution in [3.8, 4) is 5.69 Å². The van der Waals surface area contributed by atoms with Crippen molar-refractivity contribution in [3.05, 3.63) is 109 Å². The van der Waals surface area contributed by atoms with Gasteiger partial charge in [0.05, 0.1) is 21.9 Å². The fraction of sp³-hybridized carbons (Fsp3) is 0.148.